The van der Waals surface area contributed by atoms with E-state index < -0.39 is 0 Å². The van der Waals surface area contributed by atoms with Gasteiger partial charge in [0.1, 0.15) is 5.82 Å². The molecule has 0 aliphatic carbocycles. The summed E-state index contributed by atoms with van der Waals surface area (Å²) in [5.41, 5.74) is 7.68. The van der Waals surface area contributed by atoms with E-state index in [1.54, 1.807) is 0 Å². The number of rotatable bonds is 3. The number of aromatic nitrogens is 1. The Morgan fingerprint density at radius 2 is 2.35 bits per heavy atom. The van der Waals surface area contributed by atoms with Crippen LogP contribution in [0.4, 0.5) is 11.5 Å². The molecule has 0 aromatic carbocycles. The summed E-state index contributed by atoms with van der Waals surface area (Å²) in [7, 11) is 0. The zero-order chi connectivity index (χ0) is 12.3. The molecular formula is C13H22N4. The summed E-state index contributed by atoms with van der Waals surface area (Å²) in [6.45, 7) is 7.62. The molecule has 0 radical (unpaired) electrons. The summed E-state index contributed by atoms with van der Waals surface area (Å²) in [6.07, 6.45) is 2.45. The standard InChI is InChI=1S/C13H22N4/c1-3-17-8-4-5-11(9-17)16-13-12(14)7-6-10(2)15-13/h6-7,11H,3-5,8-9,14H2,1-2H3,(H,15,16). The second kappa shape index (κ2) is 5.36. The van der Waals surface area contributed by atoms with E-state index in [0.29, 0.717) is 6.04 Å². The molecule has 1 aliphatic rings. The van der Waals surface area contributed by atoms with E-state index in [1.807, 2.05) is 19.1 Å². The van der Waals surface area contributed by atoms with Gasteiger partial charge < -0.3 is 16.0 Å². The third-order valence-electron chi connectivity index (χ3n) is 3.36. The number of piperidine rings is 1. The molecule has 0 amide bonds. The van der Waals surface area contributed by atoms with Crippen molar-refractivity contribution in [3.8, 4) is 0 Å². The van der Waals surface area contributed by atoms with Gasteiger partial charge in [-0.1, -0.05) is 6.92 Å². The first-order valence-corrected chi connectivity index (χ1v) is 6.41. The van der Waals surface area contributed by atoms with Gasteiger partial charge in [-0.25, -0.2) is 4.98 Å². The van der Waals surface area contributed by atoms with Crippen LogP contribution in [0.5, 0.6) is 0 Å². The highest BCUT2D eigenvalue weighted by Gasteiger charge is 2.19. The normalized spacial score (nSPS) is 21.4. The predicted molar refractivity (Wildman–Crippen MR) is 72.1 cm³/mol. The third-order valence-corrected chi connectivity index (χ3v) is 3.36. The number of nitrogens with zero attached hydrogens (tertiary/aromatic N) is 2. The van der Waals surface area contributed by atoms with Crippen molar-refractivity contribution < 1.29 is 0 Å². The Hall–Kier alpha value is -1.29. The number of nitrogens with one attached hydrogen (secondary N) is 1. The minimum atomic E-state index is 0.472. The van der Waals surface area contributed by atoms with E-state index in [-0.39, 0.29) is 0 Å². The average Bonchev–Trinajstić information content (AvgIpc) is 2.34. The molecule has 0 spiro atoms. The molecule has 0 bridgehead atoms. The summed E-state index contributed by atoms with van der Waals surface area (Å²) in [6, 6.07) is 4.34. The van der Waals surface area contributed by atoms with Crippen LogP contribution in [0.1, 0.15) is 25.5 Å². The first-order valence-electron chi connectivity index (χ1n) is 6.41. The number of aryl methyl sites for hydroxylation is 1. The monoisotopic (exact) mass is 234 g/mol. The number of anilines is 2. The topological polar surface area (TPSA) is 54.2 Å². The molecule has 1 aromatic heterocycles. The fourth-order valence-electron chi connectivity index (χ4n) is 2.34. The SMILES string of the molecule is CCN1CCCC(Nc2nc(C)ccc2N)C1. The van der Waals surface area contributed by atoms with Gasteiger partial charge in [-0.15, -0.1) is 0 Å². The van der Waals surface area contributed by atoms with Crippen LogP contribution in [0.2, 0.25) is 0 Å². The van der Waals surface area contributed by atoms with E-state index in [9.17, 15) is 0 Å². The zero-order valence-electron chi connectivity index (χ0n) is 10.7. The van der Waals surface area contributed by atoms with Crippen molar-refractivity contribution in [2.45, 2.75) is 32.7 Å². The Morgan fingerprint density at radius 3 is 3.12 bits per heavy atom. The number of hydrogen-bond acceptors (Lipinski definition) is 4. The fourth-order valence-corrected chi connectivity index (χ4v) is 2.34. The van der Waals surface area contributed by atoms with Crippen molar-refractivity contribution in [1.82, 2.24) is 9.88 Å². The molecule has 1 unspecified atom stereocenters. The van der Waals surface area contributed by atoms with Crippen LogP contribution < -0.4 is 11.1 Å². The van der Waals surface area contributed by atoms with Gasteiger partial charge in [0.2, 0.25) is 0 Å². The smallest absolute Gasteiger partial charge is 0.149 e. The Bertz CT molecular complexity index is 378. The highest BCUT2D eigenvalue weighted by molar-refractivity contribution is 5.61. The Balaban J connectivity index is 2.02. The molecule has 2 heterocycles. The molecule has 4 nitrogen and oxygen atoms in total. The maximum atomic E-state index is 5.94. The Morgan fingerprint density at radius 1 is 1.53 bits per heavy atom. The highest BCUT2D eigenvalue weighted by Crippen LogP contribution is 2.19. The maximum Gasteiger partial charge on any atom is 0.149 e. The lowest BCUT2D eigenvalue weighted by molar-refractivity contribution is 0.226. The van der Waals surface area contributed by atoms with E-state index >= 15 is 0 Å². The summed E-state index contributed by atoms with van der Waals surface area (Å²) in [4.78, 5) is 6.93. The van der Waals surface area contributed by atoms with Gasteiger partial charge in [0.25, 0.3) is 0 Å². The van der Waals surface area contributed by atoms with Gasteiger partial charge in [0.15, 0.2) is 0 Å². The second-order valence-electron chi connectivity index (χ2n) is 4.77. The fraction of sp³-hybridized carbons (Fsp3) is 0.615. The van der Waals surface area contributed by atoms with Crippen LogP contribution in [0.25, 0.3) is 0 Å². The molecule has 94 valence electrons. The van der Waals surface area contributed by atoms with Crippen LogP contribution in [0.15, 0.2) is 12.1 Å². The predicted octanol–water partition coefficient (Wildman–Crippen LogP) is 1.87. The quantitative estimate of drug-likeness (QED) is 0.838. The van der Waals surface area contributed by atoms with Crippen LogP contribution in [0, 0.1) is 6.92 Å². The second-order valence-corrected chi connectivity index (χ2v) is 4.77. The van der Waals surface area contributed by atoms with Gasteiger partial charge in [-0.05, 0) is 45.0 Å². The molecule has 1 atom stereocenters. The third kappa shape index (κ3) is 3.09. The van der Waals surface area contributed by atoms with E-state index in [2.05, 4.69) is 22.1 Å². The number of hydrogen-bond donors (Lipinski definition) is 2. The van der Waals surface area contributed by atoms with Gasteiger partial charge in [-0.3, -0.25) is 0 Å². The lowest BCUT2D eigenvalue weighted by Crippen LogP contribution is -2.42. The van der Waals surface area contributed by atoms with Crippen LogP contribution in [-0.4, -0.2) is 35.6 Å². The Labute approximate surface area is 103 Å². The number of pyridine rings is 1. The van der Waals surface area contributed by atoms with Crippen molar-refractivity contribution >= 4 is 11.5 Å². The van der Waals surface area contributed by atoms with Gasteiger partial charge in [-0.2, -0.15) is 0 Å². The van der Waals surface area contributed by atoms with Crippen molar-refractivity contribution in [3.63, 3.8) is 0 Å². The molecule has 4 heteroatoms. The molecule has 1 fully saturated rings. The van der Waals surface area contributed by atoms with Gasteiger partial charge in [0.05, 0.1) is 5.69 Å². The zero-order valence-corrected chi connectivity index (χ0v) is 10.7. The van der Waals surface area contributed by atoms with Crippen molar-refractivity contribution in [1.29, 1.82) is 0 Å². The molecule has 1 aromatic rings. The molecule has 17 heavy (non-hydrogen) atoms. The van der Waals surface area contributed by atoms with Crippen LogP contribution in [-0.2, 0) is 0 Å². The minimum absolute atomic E-state index is 0.472. The maximum absolute atomic E-state index is 5.94. The largest absolute Gasteiger partial charge is 0.396 e. The summed E-state index contributed by atoms with van der Waals surface area (Å²) >= 11 is 0. The lowest BCUT2D eigenvalue weighted by atomic mass is 10.1. The van der Waals surface area contributed by atoms with E-state index in [4.69, 9.17) is 5.73 Å². The number of nitrogen functional groups attached to an aromatic ring is 1. The van der Waals surface area contributed by atoms with E-state index in [0.717, 1.165) is 30.3 Å². The molecule has 2 rings (SSSR count). The van der Waals surface area contributed by atoms with Crippen LogP contribution >= 0.6 is 0 Å². The average molecular weight is 234 g/mol. The summed E-state index contributed by atoms with van der Waals surface area (Å²) in [5, 5.41) is 3.48. The molecule has 1 aliphatic heterocycles. The molecule has 3 N–H and O–H groups in total. The van der Waals surface area contributed by atoms with Crippen molar-refractivity contribution in [3.05, 3.63) is 17.8 Å². The van der Waals surface area contributed by atoms with Gasteiger partial charge >= 0.3 is 0 Å². The summed E-state index contributed by atoms with van der Waals surface area (Å²) in [5.74, 6) is 0.841. The Kier molecular flexibility index (Phi) is 3.84. The first kappa shape index (κ1) is 12.2. The van der Waals surface area contributed by atoms with Crippen molar-refractivity contribution in [2.24, 2.45) is 0 Å². The number of likely N-dealkylation sites (N-methyl/N-ethyl adjacent to an activating group) is 1. The molecular weight excluding hydrogens is 212 g/mol. The molecule has 0 saturated carbocycles. The van der Waals surface area contributed by atoms with Gasteiger partial charge in [0, 0.05) is 18.3 Å². The number of nitrogens with two attached hydrogens (primary N) is 1. The highest BCUT2D eigenvalue weighted by atomic mass is 15.2. The molecule has 1 saturated heterocycles. The van der Waals surface area contributed by atoms with Crippen molar-refractivity contribution in [2.75, 3.05) is 30.7 Å². The number of likely N-dealkylation sites (tertiary alicyclic amines) is 1. The summed E-state index contributed by atoms with van der Waals surface area (Å²) < 4.78 is 0. The van der Waals surface area contributed by atoms with Crippen LogP contribution in [0.3, 0.4) is 0 Å². The van der Waals surface area contributed by atoms with E-state index in [1.165, 1.54) is 19.4 Å². The first-order chi connectivity index (χ1) is 8.19. The minimum Gasteiger partial charge on any atom is -0.396 e. The lowest BCUT2D eigenvalue weighted by Gasteiger charge is -2.32.